The number of fused-ring (bicyclic) bond motifs is 2. The molecule has 0 amide bonds. The van der Waals surface area contributed by atoms with Gasteiger partial charge >= 0.3 is 0 Å². The summed E-state index contributed by atoms with van der Waals surface area (Å²) in [7, 11) is 0. The van der Waals surface area contributed by atoms with Crippen LogP contribution in [0.25, 0.3) is 0 Å². The van der Waals surface area contributed by atoms with Crippen molar-refractivity contribution in [2.45, 2.75) is 23.3 Å². The average Bonchev–Trinajstić information content (AvgIpc) is 2.52. The molecule has 0 aliphatic carbocycles. The first kappa shape index (κ1) is 7.22. The van der Waals surface area contributed by atoms with Gasteiger partial charge in [0.25, 0.3) is 0 Å². The number of allylic oxidation sites excluding steroid dienone is 1. The van der Waals surface area contributed by atoms with Gasteiger partial charge < -0.3 is 0 Å². The Hall–Kier alpha value is 0.790. The molecule has 3 aliphatic heterocycles. The van der Waals surface area contributed by atoms with Crippen molar-refractivity contribution in [3.8, 4) is 0 Å². The summed E-state index contributed by atoms with van der Waals surface area (Å²) in [5.74, 6) is 2.76. The van der Waals surface area contributed by atoms with E-state index in [4.69, 9.17) is 0 Å². The fraction of sp³-hybridized carbons (Fsp3) is 0.750. The standard InChI is InChI=1S/C8H10S3/c1-3-9-7-5(1)11-6-2-4-10-8(6)7/h5,7H,1-4H2/t5-,7?/m0/s1. The number of hydrogen-bond acceptors (Lipinski definition) is 3. The second-order valence-corrected chi connectivity index (χ2v) is 6.84. The molecular weight excluding hydrogens is 192 g/mol. The summed E-state index contributed by atoms with van der Waals surface area (Å²) in [6, 6.07) is 0. The minimum absolute atomic E-state index is 0.919. The lowest BCUT2D eigenvalue weighted by atomic mass is 10.2. The van der Waals surface area contributed by atoms with Crippen molar-refractivity contribution in [1.82, 2.24) is 0 Å². The second kappa shape index (κ2) is 2.64. The zero-order chi connectivity index (χ0) is 7.26. The number of hydrogen-bond donors (Lipinski definition) is 0. The van der Waals surface area contributed by atoms with Crippen LogP contribution < -0.4 is 0 Å². The maximum Gasteiger partial charge on any atom is 0.0487 e. The molecule has 0 aromatic heterocycles. The molecule has 3 rings (SSSR count). The highest BCUT2D eigenvalue weighted by Crippen LogP contribution is 2.57. The van der Waals surface area contributed by atoms with Gasteiger partial charge in [0.1, 0.15) is 0 Å². The van der Waals surface area contributed by atoms with Crippen molar-refractivity contribution < 1.29 is 0 Å². The van der Waals surface area contributed by atoms with Crippen LogP contribution >= 0.6 is 35.3 Å². The Kier molecular flexibility index (Phi) is 1.73. The largest absolute Gasteiger partial charge is 0.152 e. The van der Waals surface area contributed by atoms with Gasteiger partial charge in [-0.05, 0) is 23.5 Å². The van der Waals surface area contributed by atoms with Crippen LogP contribution in [0, 0.1) is 0 Å². The SMILES string of the molecule is C1CC2=C(S1)C1SCC[C@@H]1S2. The lowest BCUT2D eigenvalue weighted by molar-refractivity contribution is 0.911. The molecule has 0 radical (unpaired) electrons. The Morgan fingerprint density at radius 2 is 2.27 bits per heavy atom. The molecule has 0 N–H and O–H groups in total. The monoisotopic (exact) mass is 202 g/mol. The van der Waals surface area contributed by atoms with E-state index in [0.29, 0.717) is 0 Å². The molecule has 3 heteroatoms. The van der Waals surface area contributed by atoms with Crippen LogP contribution in [0.4, 0.5) is 0 Å². The van der Waals surface area contributed by atoms with Gasteiger partial charge in [-0.25, -0.2) is 0 Å². The highest BCUT2D eigenvalue weighted by atomic mass is 32.2. The summed E-state index contributed by atoms with van der Waals surface area (Å²) >= 11 is 6.51. The topological polar surface area (TPSA) is 0 Å². The minimum Gasteiger partial charge on any atom is -0.152 e. The lowest BCUT2D eigenvalue weighted by Gasteiger charge is -2.10. The van der Waals surface area contributed by atoms with Gasteiger partial charge in [-0.1, -0.05) is 0 Å². The molecule has 0 bridgehead atoms. The average molecular weight is 202 g/mol. The summed E-state index contributed by atoms with van der Waals surface area (Å²) in [6.07, 6.45) is 2.83. The third-order valence-electron chi connectivity index (χ3n) is 2.45. The molecule has 3 aliphatic rings. The fourth-order valence-electron chi connectivity index (χ4n) is 1.93. The molecule has 1 saturated heterocycles. The molecular formula is C8H10S3. The maximum absolute atomic E-state index is 2.19. The predicted octanol–water partition coefficient (Wildman–Crippen LogP) is 2.96. The highest BCUT2D eigenvalue weighted by Gasteiger charge is 2.41. The minimum atomic E-state index is 0.919. The molecule has 11 heavy (non-hydrogen) atoms. The van der Waals surface area contributed by atoms with Crippen LogP contribution in [0.5, 0.6) is 0 Å². The number of rotatable bonds is 0. The zero-order valence-corrected chi connectivity index (χ0v) is 8.66. The lowest BCUT2D eigenvalue weighted by Crippen LogP contribution is -2.08. The Morgan fingerprint density at radius 1 is 1.27 bits per heavy atom. The van der Waals surface area contributed by atoms with Gasteiger partial charge in [0.05, 0.1) is 0 Å². The van der Waals surface area contributed by atoms with E-state index in [-0.39, 0.29) is 0 Å². The first-order valence-electron chi connectivity index (χ1n) is 4.09. The van der Waals surface area contributed by atoms with E-state index in [1.165, 1.54) is 24.3 Å². The van der Waals surface area contributed by atoms with Crippen LogP contribution in [0.1, 0.15) is 12.8 Å². The van der Waals surface area contributed by atoms with Crippen molar-refractivity contribution in [2.24, 2.45) is 0 Å². The normalized spacial score (nSPS) is 41.5. The highest BCUT2D eigenvalue weighted by molar-refractivity contribution is 8.12. The zero-order valence-electron chi connectivity index (χ0n) is 6.21. The van der Waals surface area contributed by atoms with E-state index in [0.717, 1.165) is 10.5 Å². The molecule has 1 unspecified atom stereocenters. The second-order valence-electron chi connectivity index (χ2n) is 3.12. The molecule has 3 heterocycles. The first-order valence-corrected chi connectivity index (χ1v) is 7.00. The van der Waals surface area contributed by atoms with Crippen LogP contribution in [0.2, 0.25) is 0 Å². The van der Waals surface area contributed by atoms with Crippen LogP contribution in [0.15, 0.2) is 9.81 Å². The summed E-state index contributed by atoms with van der Waals surface area (Å²) in [6.45, 7) is 0. The molecule has 0 aromatic rings. The van der Waals surface area contributed by atoms with Crippen molar-refractivity contribution >= 4 is 35.3 Å². The molecule has 0 aromatic carbocycles. The number of thioether (sulfide) groups is 3. The molecule has 0 saturated carbocycles. The molecule has 1 fully saturated rings. The summed E-state index contributed by atoms with van der Waals surface area (Å²) in [4.78, 5) is 3.51. The molecule has 0 nitrogen and oxygen atoms in total. The van der Waals surface area contributed by atoms with Gasteiger partial charge in [-0.2, -0.15) is 11.8 Å². The Morgan fingerprint density at radius 3 is 3.27 bits per heavy atom. The van der Waals surface area contributed by atoms with E-state index < -0.39 is 0 Å². The Bertz CT molecular complexity index is 221. The van der Waals surface area contributed by atoms with E-state index >= 15 is 0 Å². The van der Waals surface area contributed by atoms with Gasteiger partial charge in [-0.15, -0.1) is 23.5 Å². The van der Waals surface area contributed by atoms with Crippen molar-refractivity contribution in [3.63, 3.8) is 0 Å². The fourth-order valence-corrected chi connectivity index (χ4v) is 7.23. The molecule has 2 atom stereocenters. The molecule has 60 valence electrons. The van der Waals surface area contributed by atoms with E-state index in [2.05, 4.69) is 35.3 Å². The maximum atomic E-state index is 2.19. The smallest absolute Gasteiger partial charge is 0.0487 e. The van der Waals surface area contributed by atoms with E-state index in [9.17, 15) is 0 Å². The van der Waals surface area contributed by atoms with Gasteiger partial charge in [0.2, 0.25) is 0 Å². The van der Waals surface area contributed by atoms with Crippen LogP contribution in [-0.4, -0.2) is 22.0 Å². The van der Waals surface area contributed by atoms with Crippen molar-refractivity contribution in [1.29, 1.82) is 0 Å². The van der Waals surface area contributed by atoms with Crippen molar-refractivity contribution in [2.75, 3.05) is 11.5 Å². The van der Waals surface area contributed by atoms with Gasteiger partial charge in [-0.3, -0.25) is 0 Å². The predicted molar refractivity (Wildman–Crippen MR) is 56.3 cm³/mol. The van der Waals surface area contributed by atoms with E-state index in [1.807, 2.05) is 0 Å². The Labute approximate surface area is 80.0 Å². The van der Waals surface area contributed by atoms with Crippen LogP contribution in [-0.2, 0) is 0 Å². The van der Waals surface area contributed by atoms with Crippen molar-refractivity contribution in [3.05, 3.63) is 9.81 Å². The van der Waals surface area contributed by atoms with Crippen LogP contribution in [0.3, 0.4) is 0 Å². The quantitative estimate of drug-likeness (QED) is 0.593. The first-order chi connectivity index (χ1) is 5.45. The molecule has 0 spiro atoms. The summed E-state index contributed by atoms with van der Waals surface area (Å²) in [5, 5.41) is 1.89. The third-order valence-corrected chi connectivity index (χ3v) is 7.04. The third kappa shape index (κ3) is 1.01. The Balaban J connectivity index is 1.93. The van der Waals surface area contributed by atoms with E-state index in [1.54, 1.807) is 9.81 Å². The van der Waals surface area contributed by atoms with Gasteiger partial charge in [0, 0.05) is 21.2 Å². The summed E-state index contributed by atoms with van der Waals surface area (Å²) in [5.41, 5.74) is 0. The summed E-state index contributed by atoms with van der Waals surface area (Å²) < 4.78 is 0. The van der Waals surface area contributed by atoms with Gasteiger partial charge in [0.15, 0.2) is 0 Å².